The molecular formula is C25H20ClN5O. The van der Waals surface area contributed by atoms with Gasteiger partial charge in [-0.1, -0.05) is 54.1 Å². The molecule has 5 aromatic rings. The average molecular weight is 442 g/mol. The van der Waals surface area contributed by atoms with Gasteiger partial charge in [-0.15, -0.1) is 0 Å². The van der Waals surface area contributed by atoms with Crippen LogP contribution in [0.2, 0.25) is 5.02 Å². The fraction of sp³-hybridized carbons (Fsp3) is 0.0800. The van der Waals surface area contributed by atoms with E-state index in [0.717, 1.165) is 27.7 Å². The zero-order chi connectivity index (χ0) is 21.9. The smallest absolute Gasteiger partial charge is 0.272 e. The third-order valence-corrected chi connectivity index (χ3v) is 5.56. The van der Waals surface area contributed by atoms with Crippen LogP contribution < -0.4 is 5.32 Å². The number of carbonyl (C=O) groups is 1. The lowest BCUT2D eigenvalue weighted by Crippen LogP contribution is -2.23. The monoisotopic (exact) mass is 441 g/mol. The maximum Gasteiger partial charge on any atom is 0.272 e. The predicted octanol–water partition coefficient (Wildman–Crippen LogP) is 4.85. The number of amides is 1. The molecule has 2 heterocycles. The molecule has 7 heteroatoms. The number of imidazole rings is 1. The van der Waals surface area contributed by atoms with Gasteiger partial charge in [-0.05, 0) is 41.5 Å². The first-order valence-electron chi connectivity index (χ1n) is 10.2. The van der Waals surface area contributed by atoms with Crippen LogP contribution in [-0.2, 0) is 13.1 Å². The second-order valence-corrected chi connectivity index (χ2v) is 7.91. The molecular weight excluding hydrogens is 422 g/mol. The van der Waals surface area contributed by atoms with Crippen molar-refractivity contribution in [3.8, 4) is 5.69 Å². The zero-order valence-electron chi connectivity index (χ0n) is 17.1. The molecule has 5 rings (SSSR count). The molecule has 158 valence electrons. The van der Waals surface area contributed by atoms with Crippen LogP contribution in [0.3, 0.4) is 0 Å². The highest BCUT2D eigenvalue weighted by Crippen LogP contribution is 2.20. The second kappa shape index (κ2) is 8.69. The Morgan fingerprint density at radius 1 is 0.938 bits per heavy atom. The molecule has 3 aromatic carbocycles. The molecule has 0 aliphatic rings. The van der Waals surface area contributed by atoms with Gasteiger partial charge in [0, 0.05) is 35.0 Å². The van der Waals surface area contributed by atoms with Crippen molar-refractivity contribution in [2.24, 2.45) is 0 Å². The predicted molar refractivity (Wildman–Crippen MR) is 125 cm³/mol. The van der Waals surface area contributed by atoms with E-state index in [4.69, 9.17) is 11.6 Å². The van der Waals surface area contributed by atoms with Gasteiger partial charge in [-0.3, -0.25) is 9.48 Å². The van der Waals surface area contributed by atoms with E-state index >= 15 is 0 Å². The van der Waals surface area contributed by atoms with E-state index in [-0.39, 0.29) is 5.91 Å². The van der Waals surface area contributed by atoms with Crippen molar-refractivity contribution in [2.45, 2.75) is 13.1 Å². The van der Waals surface area contributed by atoms with Gasteiger partial charge < -0.3 is 9.88 Å². The highest BCUT2D eigenvalue weighted by molar-refractivity contribution is 6.30. The molecule has 1 N–H and O–H groups in total. The summed E-state index contributed by atoms with van der Waals surface area (Å²) in [5.74, 6) is -0.199. The lowest BCUT2D eigenvalue weighted by molar-refractivity contribution is 0.0946. The lowest BCUT2D eigenvalue weighted by atomic mass is 10.1. The topological polar surface area (TPSA) is 64.7 Å². The Bertz CT molecular complexity index is 1360. The molecule has 0 saturated carbocycles. The van der Waals surface area contributed by atoms with Gasteiger partial charge in [0.1, 0.15) is 0 Å². The lowest BCUT2D eigenvalue weighted by Gasteiger charge is -2.06. The molecule has 0 aliphatic carbocycles. The van der Waals surface area contributed by atoms with Gasteiger partial charge in [0.2, 0.25) is 0 Å². The van der Waals surface area contributed by atoms with Crippen molar-refractivity contribution in [3.63, 3.8) is 0 Å². The number of nitrogens with zero attached hydrogens (tertiary/aromatic N) is 4. The Labute approximate surface area is 190 Å². The maximum absolute atomic E-state index is 13.0. The summed E-state index contributed by atoms with van der Waals surface area (Å²) in [5, 5.41) is 9.14. The van der Waals surface area contributed by atoms with Gasteiger partial charge in [0.05, 0.1) is 18.4 Å². The number of rotatable bonds is 6. The first kappa shape index (κ1) is 20.0. The van der Waals surface area contributed by atoms with Crippen molar-refractivity contribution in [1.29, 1.82) is 0 Å². The van der Waals surface area contributed by atoms with Crippen LogP contribution in [-0.4, -0.2) is 25.2 Å². The van der Waals surface area contributed by atoms with Crippen molar-refractivity contribution >= 4 is 28.4 Å². The molecule has 32 heavy (non-hydrogen) atoms. The third kappa shape index (κ3) is 4.13. The molecule has 0 fully saturated rings. The summed E-state index contributed by atoms with van der Waals surface area (Å²) in [4.78, 5) is 17.0. The first-order chi connectivity index (χ1) is 15.7. The number of fused-ring (bicyclic) bond motifs is 1. The van der Waals surface area contributed by atoms with Crippen LogP contribution in [0.1, 0.15) is 21.6 Å². The van der Waals surface area contributed by atoms with Crippen molar-refractivity contribution < 1.29 is 4.79 Å². The normalized spacial score (nSPS) is 11.0. The molecule has 0 bridgehead atoms. The molecule has 0 saturated heterocycles. The molecule has 0 radical (unpaired) electrons. The quantitative estimate of drug-likeness (QED) is 0.409. The van der Waals surface area contributed by atoms with Gasteiger partial charge >= 0.3 is 0 Å². The summed E-state index contributed by atoms with van der Waals surface area (Å²) in [6.07, 6.45) is 5.38. The molecule has 0 atom stereocenters. The Morgan fingerprint density at radius 3 is 2.44 bits per heavy atom. The Balaban J connectivity index is 1.33. The molecule has 6 nitrogen and oxygen atoms in total. The minimum atomic E-state index is -0.199. The van der Waals surface area contributed by atoms with Gasteiger partial charge in [-0.2, -0.15) is 5.10 Å². The van der Waals surface area contributed by atoms with Gasteiger partial charge in [0.15, 0.2) is 5.69 Å². The molecule has 1 amide bonds. The largest absolute Gasteiger partial charge is 0.347 e. The fourth-order valence-electron chi connectivity index (χ4n) is 3.64. The highest BCUT2D eigenvalue weighted by Gasteiger charge is 2.17. The van der Waals surface area contributed by atoms with Crippen LogP contribution in [0.4, 0.5) is 0 Å². The molecule has 0 aliphatic heterocycles. The second-order valence-electron chi connectivity index (χ2n) is 7.47. The number of hydrogen-bond donors (Lipinski definition) is 1. The summed E-state index contributed by atoms with van der Waals surface area (Å²) < 4.78 is 3.79. The van der Waals surface area contributed by atoms with E-state index in [1.165, 1.54) is 0 Å². The van der Waals surface area contributed by atoms with Crippen LogP contribution in [0.5, 0.6) is 0 Å². The SMILES string of the molecule is O=C(NCc1ccc(-n2ccnc2)cc1)c1nn(Cc2ccc(Cl)cc2)c2ccccc12. The van der Waals surface area contributed by atoms with E-state index in [2.05, 4.69) is 15.4 Å². The number of halogens is 1. The summed E-state index contributed by atoms with van der Waals surface area (Å²) in [6, 6.07) is 23.4. The summed E-state index contributed by atoms with van der Waals surface area (Å²) in [7, 11) is 0. The minimum Gasteiger partial charge on any atom is -0.347 e. The third-order valence-electron chi connectivity index (χ3n) is 5.31. The van der Waals surface area contributed by atoms with E-state index in [1.807, 2.05) is 88.2 Å². The number of carbonyl (C=O) groups excluding carboxylic acids is 1. The van der Waals surface area contributed by atoms with Crippen molar-refractivity contribution in [1.82, 2.24) is 24.6 Å². The maximum atomic E-state index is 13.0. The van der Waals surface area contributed by atoms with Crippen LogP contribution >= 0.6 is 11.6 Å². The molecule has 0 spiro atoms. The highest BCUT2D eigenvalue weighted by atomic mass is 35.5. The number of aromatic nitrogens is 4. The van der Waals surface area contributed by atoms with E-state index in [0.29, 0.717) is 23.8 Å². The van der Waals surface area contributed by atoms with Crippen LogP contribution in [0.25, 0.3) is 16.6 Å². The van der Waals surface area contributed by atoms with Gasteiger partial charge in [-0.25, -0.2) is 4.98 Å². The van der Waals surface area contributed by atoms with Crippen LogP contribution in [0, 0.1) is 0 Å². The van der Waals surface area contributed by atoms with E-state index in [9.17, 15) is 4.79 Å². The number of benzene rings is 3. The van der Waals surface area contributed by atoms with E-state index < -0.39 is 0 Å². The van der Waals surface area contributed by atoms with Gasteiger partial charge in [0.25, 0.3) is 5.91 Å². The zero-order valence-corrected chi connectivity index (χ0v) is 17.9. The number of nitrogens with one attached hydrogen (secondary N) is 1. The molecule has 0 unspecified atom stereocenters. The standard InChI is InChI=1S/C25H20ClN5O/c26-20-9-5-19(6-10-20)16-31-23-4-2-1-3-22(23)24(29-31)25(32)28-15-18-7-11-21(12-8-18)30-14-13-27-17-30/h1-14,17H,15-16H2,(H,28,32). The van der Waals surface area contributed by atoms with Crippen molar-refractivity contribution in [3.05, 3.63) is 113 Å². The number of hydrogen-bond acceptors (Lipinski definition) is 3. The first-order valence-corrected chi connectivity index (χ1v) is 10.6. The summed E-state index contributed by atoms with van der Waals surface area (Å²) in [6.45, 7) is 0.974. The molecule has 2 aromatic heterocycles. The van der Waals surface area contributed by atoms with Crippen LogP contribution in [0.15, 0.2) is 91.5 Å². The minimum absolute atomic E-state index is 0.199. The fourth-order valence-corrected chi connectivity index (χ4v) is 3.77. The number of para-hydroxylation sites is 1. The Hall–Kier alpha value is -3.90. The summed E-state index contributed by atoms with van der Waals surface area (Å²) >= 11 is 6.00. The van der Waals surface area contributed by atoms with Crippen molar-refractivity contribution in [2.75, 3.05) is 0 Å². The average Bonchev–Trinajstić information content (AvgIpc) is 3.48. The van der Waals surface area contributed by atoms with E-state index in [1.54, 1.807) is 12.5 Å². The summed E-state index contributed by atoms with van der Waals surface area (Å²) in [5.41, 5.74) is 4.42. The Kier molecular flexibility index (Phi) is 5.44. The Morgan fingerprint density at radius 2 is 1.69 bits per heavy atom.